The lowest BCUT2D eigenvalue weighted by Crippen LogP contribution is -2.34. The van der Waals surface area contributed by atoms with Gasteiger partial charge in [0.15, 0.2) is 5.78 Å². The van der Waals surface area contributed by atoms with Crippen LogP contribution in [0.4, 0.5) is 0 Å². The first kappa shape index (κ1) is 16.3. The molecule has 0 saturated carbocycles. The number of benzene rings is 1. The largest absolute Gasteiger partial charge is 0.295 e. The first-order valence-electron chi connectivity index (χ1n) is 8.38. The number of fused-ring (bicyclic) bond motifs is 1. The number of ketones is 1. The van der Waals surface area contributed by atoms with Crippen molar-refractivity contribution in [3.8, 4) is 0 Å². The zero-order valence-electron chi connectivity index (χ0n) is 14.6. The minimum absolute atomic E-state index is 0.179. The molecule has 0 N–H and O–H groups in total. The minimum atomic E-state index is 0.179. The van der Waals surface area contributed by atoms with Crippen LogP contribution in [0, 0.1) is 0 Å². The van der Waals surface area contributed by atoms with E-state index in [-0.39, 0.29) is 16.6 Å². The van der Waals surface area contributed by atoms with E-state index in [1.165, 1.54) is 36.0 Å². The standard InChI is InChI=1S/C20H30O/c1-7-8-9-15-12-17-18(13-16(15)14(2)21)20(5,6)11-10-19(17,3)4/h12-13H,7-11H2,1-6H3. The van der Waals surface area contributed by atoms with Crippen molar-refractivity contribution in [2.24, 2.45) is 0 Å². The van der Waals surface area contributed by atoms with Gasteiger partial charge in [0, 0.05) is 5.56 Å². The van der Waals surface area contributed by atoms with Gasteiger partial charge in [0.25, 0.3) is 0 Å². The molecule has 1 heteroatoms. The molecule has 0 bridgehead atoms. The van der Waals surface area contributed by atoms with Crippen molar-refractivity contribution in [3.63, 3.8) is 0 Å². The molecule has 0 heterocycles. The first-order chi connectivity index (χ1) is 9.69. The second-order valence-electron chi connectivity index (χ2n) is 7.98. The molecular weight excluding hydrogens is 256 g/mol. The Labute approximate surface area is 130 Å². The summed E-state index contributed by atoms with van der Waals surface area (Å²) < 4.78 is 0. The zero-order chi connectivity index (χ0) is 15.8. The molecular formula is C20H30O. The van der Waals surface area contributed by atoms with Crippen LogP contribution in [-0.2, 0) is 17.3 Å². The molecule has 0 aromatic heterocycles. The molecule has 1 aromatic rings. The van der Waals surface area contributed by atoms with Gasteiger partial charge in [-0.05, 0) is 66.2 Å². The Kier molecular flexibility index (Phi) is 4.33. The summed E-state index contributed by atoms with van der Waals surface area (Å²) in [6, 6.07) is 4.56. The number of hydrogen-bond donors (Lipinski definition) is 0. The fraction of sp³-hybridized carbons (Fsp3) is 0.650. The minimum Gasteiger partial charge on any atom is -0.295 e. The zero-order valence-corrected chi connectivity index (χ0v) is 14.6. The summed E-state index contributed by atoms with van der Waals surface area (Å²) in [5.74, 6) is 0.211. The van der Waals surface area contributed by atoms with Gasteiger partial charge in [-0.3, -0.25) is 4.79 Å². The number of hydrogen-bond acceptors (Lipinski definition) is 1. The molecule has 116 valence electrons. The van der Waals surface area contributed by atoms with Gasteiger partial charge in [-0.25, -0.2) is 0 Å². The molecule has 1 aliphatic rings. The van der Waals surface area contributed by atoms with Crippen molar-refractivity contribution >= 4 is 5.78 Å². The van der Waals surface area contributed by atoms with Gasteiger partial charge in [0.1, 0.15) is 0 Å². The van der Waals surface area contributed by atoms with Crippen LogP contribution in [0.2, 0.25) is 0 Å². The molecule has 1 aliphatic carbocycles. The van der Waals surface area contributed by atoms with E-state index in [1.54, 1.807) is 6.92 Å². The van der Waals surface area contributed by atoms with Crippen LogP contribution < -0.4 is 0 Å². The smallest absolute Gasteiger partial charge is 0.160 e. The number of carbonyl (C=O) groups is 1. The number of Topliss-reactive ketones (excluding diaryl/α,β-unsaturated/α-hetero) is 1. The van der Waals surface area contributed by atoms with Crippen LogP contribution in [0.5, 0.6) is 0 Å². The molecule has 2 rings (SSSR count). The van der Waals surface area contributed by atoms with Crippen LogP contribution in [0.1, 0.15) is 94.3 Å². The normalized spacial score (nSPS) is 19.1. The second kappa shape index (κ2) is 5.59. The van der Waals surface area contributed by atoms with E-state index in [0.717, 1.165) is 18.4 Å². The van der Waals surface area contributed by atoms with E-state index >= 15 is 0 Å². The highest BCUT2D eigenvalue weighted by Gasteiger charge is 2.37. The number of aryl methyl sites for hydroxylation is 1. The van der Waals surface area contributed by atoms with Crippen LogP contribution in [-0.4, -0.2) is 5.78 Å². The molecule has 21 heavy (non-hydrogen) atoms. The van der Waals surface area contributed by atoms with E-state index in [0.29, 0.717) is 0 Å². The van der Waals surface area contributed by atoms with E-state index in [9.17, 15) is 4.79 Å². The van der Waals surface area contributed by atoms with E-state index in [4.69, 9.17) is 0 Å². The van der Waals surface area contributed by atoms with Gasteiger partial charge in [-0.1, -0.05) is 47.1 Å². The topological polar surface area (TPSA) is 17.1 Å². The summed E-state index contributed by atoms with van der Waals surface area (Å²) >= 11 is 0. The van der Waals surface area contributed by atoms with Crippen LogP contribution in [0.3, 0.4) is 0 Å². The second-order valence-corrected chi connectivity index (χ2v) is 7.98. The summed E-state index contributed by atoms with van der Waals surface area (Å²) in [5.41, 5.74) is 5.47. The summed E-state index contributed by atoms with van der Waals surface area (Å²) in [6.07, 6.45) is 5.76. The average molecular weight is 286 g/mol. The molecule has 0 radical (unpaired) electrons. The lowest BCUT2D eigenvalue weighted by molar-refractivity contribution is 0.101. The highest BCUT2D eigenvalue weighted by Crippen LogP contribution is 2.46. The van der Waals surface area contributed by atoms with E-state index < -0.39 is 0 Å². The predicted octanol–water partition coefficient (Wildman–Crippen LogP) is 5.58. The Bertz CT molecular complexity index is 549. The van der Waals surface area contributed by atoms with Gasteiger partial charge in [0.05, 0.1) is 0 Å². The van der Waals surface area contributed by atoms with E-state index in [2.05, 4.69) is 46.8 Å². The van der Waals surface area contributed by atoms with Crippen molar-refractivity contribution in [1.29, 1.82) is 0 Å². The fourth-order valence-electron chi connectivity index (χ4n) is 3.56. The monoisotopic (exact) mass is 286 g/mol. The van der Waals surface area contributed by atoms with Crippen LogP contribution in [0.15, 0.2) is 12.1 Å². The number of rotatable bonds is 4. The van der Waals surface area contributed by atoms with Gasteiger partial charge in [-0.2, -0.15) is 0 Å². The maximum Gasteiger partial charge on any atom is 0.160 e. The molecule has 0 unspecified atom stereocenters. The van der Waals surface area contributed by atoms with Gasteiger partial charge < -0.3 is 0 Å². The third kappa shape index (κ3) is 3.07. The molecule has 0 aliphatic heterocycles. The van der Waals surface area contributed by atoms with Crippen LogP contribution >= 0.6 is 0 Å². The Morgan fingerprint density at radius 2 is 1.57 bits per heavy atom. The van der Waals surface area contributed by atoms with Crippen molar-refractivity contribution in [2.45, 2.75) is 84.5 Å². The Morgan fingerprint density at radius 3 is 2.05 bits per heavy atom. The molecule has 0 atom stereocenters. The Balaban J connectivity index is 2.63. The summed E-state index contributed by atoms with van der Waals surface area (Å²) in [4.78, 5) is 12.1. The highest BCUT2D eigenvalue weighted by atomic mass is 16.1. The molecule has 0 fully saturated rings. The lowest BCUT2D eigenvalue weighted by Gasteiger charge is -2.42. The first-order valence-corrected chi connectivity index (χ1v) is 8.38. The highest BCUT2D eigenvalue weighted by molar-refractivity contribution is 5.96. The SMILES string of the molecule is CCCCc1cc2c(cc1C(C)=O)C(C)(C)CCC2(C)C. The maximum atomic E-state index is 12.1. The lowest BCUT2D eigenvalue weighted by atomic mass is 9.62. The fourth-order valence-corrected chi connectivity index (χ4v) is 3.56. The number of carbonyl (C=O) groups excluding carboxylic acids is 1. The molecule has 0 spiro atoms. The summed E-state index contributed by atoms with van der Waals surface area (Å²) in [5, 5.41) is 0. The molecule has 0 saturated heterocycles. The summed E-state index contributed by atoms with van der Waals surface area (Å²) in [7, 11) is 0. The van der Waals surface area contributed by atoms with Gasteiger partial charge >= 0.3 is 0 Å². The van der Waals surface area contributed by atoms with Crippen LogP contribution in [0.25, 0.3) is 0 Å². The quantitative estimate of drug-likeness (QED) is 0.660. The predicted molar refractivity (Wildman–Crippen MR) is 90.3 cm³/mol. The third-order valence-electron chi connectivity index (χ3n) is 5.26. The van der Waals surface area contributed by atoms with Crippen molar-refractivity contribution in [3.05, 3.63) is 34.4 Å². The number of unbranched alkanes of at least 4 members (excludes halogenated alkanes) is 1. The van der Waals surface area contributed by atoms with Crippen molar-refractivity contribution in [2.75, 3.05) is 0 Å². The molecule has 1 nitrogen and oxygen atoms in total. The average Bonchev–Trinajstić information content (AvgIpc) is 2.41. The van der Waals surface area contributed by atoms with Gasteiger partial charge in [-0.15, -0.1) is 0 Å². The third-order valence-corrected chi connectivity index (χ3v) is 5.26. The van der Waals surface area contributed by atoms with Crippen molar-refractivity contribution < 1.29 is 4.79 Å². The Morgan fingerprint density at radius 1 is 1.05 bits per heavy atom. The molecule has 1 aromatic carbocycles. The van der Waals surface area contributed by atoms with Crippen molar-refractivity contribution in [1.82, 2.24) is 0 Å². The van der Waals surface area contributed by atoms with Gasteiger partial charge in [0.2, 0.25) is 0 Å². The van der Waals surface area contributed by atoms with E-state index in [1.807, 2.05) is 0 Å². The summed E-state index contributed by atoms with van der Waals surface area (Å²) in [6.45, 7) is 13.2. The molecule has 0 amide bonds. The maximum absolute atomic E-state index is 12.1. The Hall–Kier alpha value is -1.11.